The topological polar surface area (TPSA) is 70.2 Å². The van der Waals surface area contributed by atoms with Gasteiger partial charge in [-0.05, 0) is 43.9 Å². The molecule has 3 saturated heterocycles. The molecule has 1 amide bonds. The smallest absolute Gasteiger partial charge is 0.253 e. The summed E-state index contributed by atoms with van der Waals surface area (Å²) in [5, 5.41) is 0. The summed E-state index contributed by atoms with van der Waals surface area (Å²) in [6, 6.07) is 6.54. The van der Waals surface area contributed by atoms with Crippen molar-refractivity contribution in [2.75, 3.05) is 52.4 Å². The van der Waals surface area contributed by atoms with Gasteiger partial charge in [0, 0.05) is 58.0 Å². The Kier molecular flexibility index (Phi) is 6.53. The third-order valence-electron chi connectivity index (χ3n) is 6.18. The van der Waals surface area contributed by atoms with Crippen LogP contribution in [-0.2, 0) is 14.8 Å². The molecule has 7 nitrogen and oxygen atoms in total. The van der Waals surface area contributed by atoms with Crippen molar-refractivity contribution in [2.45, 2.75) is 43.1 Å². The highest BCUT2D eigenvalue weighted by atomic mass is 32.2. The van der Waals surface area contributed by atoms with Gasteiger partial charge >= 0.3 is 0 Å². The van der Waals surface area contributed by atoms with Crippen LogP contribution >= 0.6 is 0 Å². The third kappa shape index (κ3) is 4.82. The number of rotatable bonds is 5. The van der Waals surface area contributed by atoms with Gasteiger partial charge in [0.15, 0.2) is 0 Å². The van der Waals surface area contributed by atoms with E-state index in [1.54, 1.807) is 28.6 Å². The molecule has 3 heterocycles. The number of piperidine rings is 1. The third-order valence-corrected chi connectivity index (χ3v) is 8.07. The summed E-state index contributed by atoms with van der Waals surface area (Å²) in [5.41, 5.74) is 0.454. The van der Waals surface area contributed by atoms with Crippen molar-refractivity contribution >= 4 is 15.9 Å². The zero-order chi connectivity index (χ0) is 20.3. The fourth-order valence-corrected chi connectivity index (χ4v) is 6.00. The Morgan fingerprint density at radius 3 is 2.45 bits per heavy atom. The minimum absolute atomic E-state index is 0.0857. The summed E-state index contributed by atoms with van der Waals surface area (Å²) in [5.74, 6) is -0.0857. The van der Waals surface area contributed by atoms with Gasteiger partial charge < -0.3 is 9.64 Å². The van der Waals surface area contributed by atoms with E-state index in [1.165, 1.54) is 0 Å². The number of hydrogen-bond acceptors (Lipinski definition) is 5. The highest BCUT2D eigenvalue weighted by molar-refractivity contribution is 7.89. The molecule has 0 aliphatic carbocycles. The summed E-state index contributed by atoms with van der Waals surface area (Å²) >= 11 is 0. The number of piperazine rings is 1. The molecule has 8 heteroatoms. The highest BCUT2D eigenvalue weighted by Gasteiger charge is 2.28. The quantitative estimate of drug-likeness (QED) is 0.725. The fourth-order valence-electron chi connectivity index (χ4n) is 4.44. The predicted molar refractivity (Wildman–Crippen MR) is 110 cm³/mol. The Labute approximate surface area is 173 Å². The number of carbonyl (C=O) groups excluding carboxylic acids is 1. The zero-order valence-electron chi connectivity index (χ0n) is 17.0. The van der Waals surface area contributed by atoms with Crippen LogP contribution in [0.15, 0.2) is 29.2 Å². The van der Waals surface area contributed by atoms with Crippen LogP contribution in [0, 0.1) is 0 Å². The molecular formula is C21H31N3O4S. The molecule has 0 aromatic heterocycles. The van der Waals surface area contributed by atoms with Crippen molar-refractivity contribution in [1.82, 2.24) is 14.1 Å². The van der Waals surface area contributed by atoms with Crippen LogP contribution in [0.1, 0.15) is 42.5 Å². The van der Waals surface area contributed by atoms with Gasteiger partial charge in [-0.3, -0.25) is 9.69 Å². The number of carbonyl (C=O) groups is 1. The summed E-state index contributed by atoms with van der Waals surface area (Å²) < 4.78 is 33.1. The maximum Gasteiger partial charge on any atom is 0.253 e. The summed E-state index contributed by atoms with van der Waals surface area (Å²) in [6.45, 7) is 5.91. The first-order valence-corrected chi connectivity index (χ1v) is 12.2. The van der Waals surface area contributed by atoms with Crippen LogP contribution in [0.2, 0.25) is 0 Å². The van der Waals surface area contributed by atoms with Gasteiger partial charge in [0.2, 0.25) is 10.0 Å². The number of nitrogens with zero attached hydrogens (tertiary/aromatic N) is 3. The van der Waals surface area contributed by atoms with Gasteiger partial charge in [-0.25, -0.2) is 8.42 Å². The van der Waals surface area contributed by atoms with E-state index in [0.29, 0.717) is 37.8 Å². The van der Waals surface area contributed by atoms with Gasteiger partial charge in [0.1, 0.15) is 0 Å². The maximum absolute atomic E-state index is 13.0. The molecule has 0 saturated carbocycles. The Balaban J connectivity index is 1.38. The Hall–Kier alpha value is -1.48. The van der Waals surface area contributed by atoms with Crippen LogP contribution < -0.4 is 0 Å². The summed E-state index contributed by atoms with van der Waals surface area (Å²) in [7, 11) is -3.53. The van der Waals surface area contributed by atoms with Gasteiger partial charge in [-0.15, -0.1) is 0 Å². The second-order valence-corrected chi connectivity index (χ2v) is 10.2. The summed E-state index contributed by atoms with van der Waals surface area (Å²) in [4.78, 5) is 17.4. The standard InChI is InChI=1S/C21H31N3O4S/c25-21(23-13-11-22(12-14-23)17-19-7-5-15-28-19)18-6-4-8-20(16-18)29(26,27)24-9-2-1-3-10-24/h4,6,8,16,19H,1-3,5,7,9-15,17H2. The van der Waals surface area contributed by atoms with E-state index in [-0.39, 0.29) is 10.8 Å². The van der Waals surface area contributed by atoms with Crippen LogP contribution in [-0.4, -0.2) is 87.0 Å². The minimum atomic E-state index is -3.53. The minimum Gasteiger partial charge on any atom is -0.377 e. The highest BCUT2D eigenvalue weighted by Crippen LogP contribution is 2.22. The predicted octanol–water partition coefficient (Wildman–Crippen LogP) is 1.80. The van der Waals surface area contributed by atoms with Crippen LogP contribution in [0.25, 0.3) is 0 Å². The fraction of sp³-hybridized carbons (Fsp3) is 0.667. The molecule has 3 fully saturated rings. The molecule has 1 atom stereocenters. The normalized spacial score (nSPS) is 24.7. The Morgan fingerprint density at radius 1 is 1.00 bits per heavy atom. The van der Waals surface area contributed by atoms with E-state index in [0.717, 1.165) is 58.3 Å². The van der Waals surface area contributed by atoms with E-state index in [1.807, 2.05) is 4.90 Å². The van der Waals surface area contributed by atoms with Crippen molar-refractivity contribution in [1.29, 1.82) is 0 Å². The number of hydrogen-bond donors (Lipinski definition) is 0. The van der Waals surface area contributed by atoms with Crippen molar-refractivity contribution in [3.8, 4) is 0 Å². The van der Waals surface area contributed by atoms with Crippen molar-refractivity contribution in [3.63, 3.8) is 0 Å². The van der Waals surface area contributed by atoms with E-state index < -0.39 is 10.0 Å². The van der Waals surface area contributed by atoms with Gasteiger partial charge in [0.25, 0.3) is 5.91 Å². The van der Waals surface area contributed by atoms with Gasteiger partial charge in [-0.1, -0.05) is 12.5 Å². The molecule has 160 valence electrons. The molecule has 0 radical (unpaired) electrons. The molecule has 4 rings (SSSR count). The van der Waals surface area contributed by atoms with E-state index in [9.17, 15) is 13.2 Å². The number of amides is 1. The lowest BCUT2D eigenvalue weighted by Gasteiger charge is -2.35. The van der Waals surface area contributed by atoms with Gasteiger partial charge in [-0.2, -0.15) is 4.31 Å². The lowest BCUT2D eigenvalue weighted by atomic mass is 10.1. The second kappa shape index (κ2) is 9.12. The van der Waals surface area contributed by atoms with Crippen LogP contribution in [0.4, 0.5) is 0 Å². The second-order valence-electron chi connectivity index (χ2n) is 8.22. The summed E-state index contributed by atoms with van der Waals surface area (Å²) in [6.07, 6.45) is 5.46. The average molecular weight is 422 g/mol. The van der Waals surface area contributed by atoms with Crippen LogP contribution in [0.3, 0.4) is 0 Å². The molecule has 3 aliphatic heterocycles. The molecule has 3 aliphatic rings. The lowest BCUT2D eigenvalue weighted by molar-refractivity contribution is 0.0432. The molecule has 0 N–H and O–H groups in total. The molecule has 0 bridgehead atoms. The van der Waals surface area contributed by atoms with E-state index in [4.69, 9.17) is 4.74 Å². The van der Waals surface area contributed by atoms with Crippen LogP contribution in [0.5, 0.6) is 0 Å². The zero-order valence-corrected chi connectivity index (χ0v) is 17.8. The first-order chi connectivity index (χ1) is 14.0. The number of ether oxygens (including phenoxy) is 1. The average Bonchev–Trinajstić information content (AvgIpc) is 3.27. The number of sulfonamides is 1. The van der Waals surface area contributed by atoms with E-state index in [2.05, 4.69) is 4.90 Å². The SMILES string of the molecule is O=C(c1cccc(S(=O)(=O)N2CCCCC2)c1)N1CCN(CC2CCCO2)CC1. The lowest BCUT2D eigenvalue weighted by Crippen LogP contribution is -2.50. The maximum atomic E-state index is 13.0. The molecule has 1 aromatic carbocycles. The van der Waals surface area contributed by atoms with Gasteiger partial charge in [0.05, 0.1) is 11.0 Å². The molecule has 29 heavy (non-hydrogen) atoms. The van der Waals surface area contributed by atoms with Crippen molar-refractivity contribution in [3.05, 3.63) is 29.8 Å². The molecular weight excluding hydrogens is 390 g/mol. The number of benzene rings is 1. The largest absolute Gasteiger partial charge is 0.377 e. The first kappa shape index (κ1) is 20.8. The Bertz CT molecular complexity index is 809. The monoisotopic (exact) mass is 421 g/mol. The molecule has 0 spiro atoms. The Morgan fingerprint density at radius 2 is 1.76 bits per heavy atom. The van der Waals surface area contributed by atoms with E-state index >= 15 is 0 Å². The van der Waals surface area contributed by atoms with Crippen molar-refractivity contribution in [2.24, 2.45) is 0 Å². The first-order valence-electron chi connectivity index (χ1n) is 10.8. The van der Waals surface area contributed by atoms with Crippen molar-refractivity contribution < 1.29 is 17.9 Å². The molecule has 1 unspecified atom stereocenters. The molecule has 1 aromatic rings.